The van der Waals surface area contributed by atoms with Crippen molar-refractivity contribution in [2.45, 2.75) is 25.4 Å². The van der Waals surface area contributed by atoms with Crippen molar-refractivity contribution >= 4 is 17.8 Å². The van der Waals surface area contributed by atoms with Gasteiger partial charge in [0.1, 0.15) is 6.04 Å². The lowest BCUT2D eigenvalue weighted by Crippen LogP contribution is -2.46. The van der Waals surface area contributed by atoms with Crippen LogP contribution in [-0.2, 0) is 9.59 Å². The predicted molar refractivity (Wildman–Crippen MR) is 92.9 cm³/mol. The van der Waals surface area contributed by atoms with Gasteiger partial charge in [-0.15, -0.1) is 0 Å². The van der Waals surface area contributed by atoms with Gasteiger partial charge in [0.25, 0.3) is 5.91 Å². The number of hydrogen-bond acceptors (Lipinski definition) is 3. The monoisotopic (exact) mass is 340 g/mol. The average Bonchev–Trinajstić information content (AvgIpc) is 2.62. The topological polar surface area (TPSA) is 95.5 Å². The Hall–Kier alpha value is -3.15. The highest BCUT2D eigenvalue weighted by atomic mass is 16.4. The van der Waals surface area contributed by atoms with Crippen molar-refractivity contribution in [1.29, 1.82) is 0 Å². The molecule has 3 N–H and O–H groups in total. The van der Waals surface area contributed by atoms with Crippen LogP contribution in [0.4, 0.5) is 0 Å². The van der Waals surface area contributed by atoms with Crippen LogP contribution in [0.5, 0.6) is 0 Å². The maximum absolute atomic E-state index is 12.4. The molecule has 0 aliphatic carbocycles. The van der Waals surface area contributed by atoms with Crippen molar-refractivity contribution < 1.29 is 19.5 Å². The number of carbonyl (C=O) groups excluding carboxylic acids is 2. The molecule has 2 aromatic rings. The Kier molecular flexibility index (Phi) is 6.28. The molecule has 0 bridgehead atoms. The van der Waals surface area contributed by atoms with E-state index in [9.17, 15) is 14.4 Å². The standard InChI is InChI=1S/C19H20N2O4/c1-13(20-19(25)15-10-6-3-7-11-15)18(24)21-16(12-17(22)23)14-8-4-2-5-9-14/h2-11,13,16H,12H2,1H3,(H,20,25)(H,21,24)(H,22,23)/t13-,16-/m0/s1. The first-order valence-electron chi connectivity index (χ1n) is 7.90. The van der Waals surface area contributed by atoms with Gasteiger partial charge in [-0.2, -0.15) is 0 Å². The van der Waals surface area contributed by atoms with Crippen molar-refractivity contribution in [3.05, 3.63) is 71.8 Å². The molecule has 0 saturated heterocycles. The zero-order valence-corrected chi connectivity index (χ0v) is 13.8. The van der Waals surface area contributed by atoms with Gasteiger partial charge in [0, 0.05) is 5.56 Å². The molecule has 25 heavy (non-hydrogen) atoms. The van der Waals surface area contributed by atoms with Crippen LogP contribution in [0, 0.1) is 0 Å². The molecule has 0 fully saturated rings. The SMILES string of the molecule is C[C@H](NC(=O)c1ccccc1)C(=O)N[C@@H](CC(=O)O)c1ccccc1. The predicted octanol–water partition coefficient (Wildman–Crippen LogP) is 2.14. The highest BCUT2D eigenvalue weighted by Crippen LogP contribution is 2.16. The summed E-state index contributed by atoms with van der Waals surface area (Å²) in [6.45, 7) is 1.55. The van der Waals surface area contributed by atoms with Gasteiger partial charge in [-0.3, -0.25) is 14.4 Å². The van der Waals surface area contributed by atoms with Gasteiger partial charge in [-0.25, -0.2) is 0 Å². The van der Waals surface area contributed by atoms with E-state index in [1.54, 1.807) is 61.5 Å². The van der Waals surface area contributed by atoms with Crippen LogP contribution in [0.2, 0.25) is 0 Å². The fraction of sp³-hybridized carbons (Fsp3) is 0.211. The summed E-state index contributed by atoms with van der Waals surface area (Å²) < 4.78 is 0. The first-order valence-corrected chi connectivity index (χ1v) is 7.90. The highest BCUT2D eigenvalue weighted by molar-refractivity contribution is 5.97. The number of benzene rings is 2. The second-order valence-corrected chi connectivity index (χ2v) is 5.63. The third-order valence-electron chi connectivity index (χ3n) is 3.67. The molecule has 130 valence electrons. The Morgan fingerprint density at radius 1 is 0.920 bits per heavy atom. The van der Waals surface area contributed by atoms with Crippen LogP contribution >= 0.6 is 0 Å². The largest absolute Gasteiger partial charge is 0.481 e. The molecule has 0 radical (unpaired) electrons. The molecule has 6 nitrogen and oxygen atoms in total. The molecule has 0 aromatic heterocycles. The number of hydrogen-bond donors (Lipinski definition) is 3. The van der Waals surface area contributed by atoms with Gasteiger partial charge >= 0.3 is 5.97 Å². The Bertz CT molecular complexity index is 732. The summed E-state index contributed by atoms with van der Waals surface area (Å²) in [6, 6.07) is 16.0. The fourth-order valence-corrected chi connectivity index (χ4v) is 2.34. The molecule has 2 rings (SSSR count). The number of aliphatic carboxylic acids is 1. The molecule has 6 heteroatoms. The maximum atomic E-state index is 12.4. The maximum Gasteiger partial charge on any atom is 0.305 e. The number of rotatable bonds is 7. The Morgan fingerprint density at radius 2 is 1.48 bits per heavy atom. The van der Waals surface area contributed by atoms with E-state index >= 15 is 0 Å². The number of carboxylic acids is 1. The molecule has 0 unspecified atom stereocenters. The van der Waals surface area contributed by atoms with E-state index in [4.69, 9.17) is 5.11 Å². The van der Waals surface area contributed by atoms with Crippen molar-refractivity contribution in [3.8, 4) is 0 Å². The lowest BCUT2D eigenvalue weighted by molar-refractivity contribution is -0.137. The second kappa shape index (κ2) is 8.63. The molecule has 0 heterocycles. The van der Waals surface area contributed by atoms with Crippen LogP contribution in [-0.4, -0.2) is 28.9 Å². The third-order valence-corrected chi connectivity index (χ3v) is 3.67. The van der Waals surface area contributed by atoms with Gasteiger partial charge in [0.2, 0.25) is 5.91 Å². The van der Waals surface area contributed by atoms with Crippen molar-refractivity contribution in [2.24, 2.45) is 0 Å². The van der Waals surface area contributed by atoms with E-state index in [1.807, 2.05) is 6.07 Å². The van der Waals surface area contributed by atoms with Crippen LogP contribution in [0.25, 0.3) is 0 Å². The van der Waals surface area contributed by atoms with Crippen LogP contribution in [0.3, 0.4) is 0 Å². The van der Waals surface area contributed by atoms with E-state index in [0.29, 0.717) is 11.1 Å². The summed E-state index contributed by atoms with van der Waals surface area (Å²) in [5, 5.41) is 14.4. The van der Waals surface area contributed by atoms with Gasteiger partial charge in [-0.1, -0.05) is 48.5 Å². The minimum absolute atomic E-state index is 0.241. The number of nitrogens with one attached hydrogen (secondary N) is 2. The number of carbonyl (C=O) groups is 3. The molecule has 2 amide bonds. The Morgan fingerprint density at radius 3 is 2.04 bits per heavy atom. The zero-order valence-electron chi connectivity index (χ0n) is 13.8. The molecule has 0 spiro atoms. The highest BCUT2D eigenvalue weighted by Gasteiger charge is 2.22. The molecular formula is C19H20N2O4. The summed E-state index contributed by atoms with van der Waals surface area (Å²) in [6.07, 6.45) is -0.241. The smallest absolute Gasteiger partial charge is 0.305 e. The van der Waals surface area contributed by atoms with E-state index < -0.39 is 24.0 Å². The quantitative estimate of drug-likeness (QED) is 0.719. The van der Waals surface area contributed by atoms with Gasteiger partial charge in [0.15, 0.2) is 0 Å². The summed E-state index contributed by atoms with van der Waals surface area (Å²) in [5.74, 6) is -1.83. The minimum Gasteiger partial charge on any atom is -0.481 e. The van der Waals surface area contributed by atoms with Gasteiger partial charge in [0.05, 0.1) is 12.5 Å². The molecule has 0 aliphatic heterocycles. The first kappa shape index (κ1) is 18.2. The van der Waals surface area contributed by atoms with E-state index in [0.717, 1.165) is 0 Å². The third kappa shape index (κ3) is 5.46. The second-order valence-electron chi connectivity index (χ2n) is 5.63. The van der Waals surface area contributed by atoms with E-state index in [1.165, 1.54) is 0 Å². The minimum atomic E-state index is -1.02. The Labute approximate surface area is 145 Å². The van der Waals surface area contributed by atoms with Crippen molar-refractivity contribution in [3.63, 3.8) is 0 Å². The molecule has 2 atom stereocenters. The van der Waals surface area contributed by atoms with Crippen molar-refractivity contribution in [1.82, 2.24) is 10.6 Å². The summed E-state index contributed by atoms with van der Waals surface area (Å²) in [4.78, 5) is 35.5. The molecule has 0 aliphatic rings. The Balaban J connectivity index is 2.02. The first-order chi connectivity index (χ1) is 12.0. The van der Waals surface area contributed by atoms with E-state index in [-0.39, 0.29) is 12.3 Å². The van der Waals surface area contributed by atoms with Gasteiger partial charge < -0.3 is 15.7 Å². The number of amides is 2. The summed E-state index contributed by atoms with van der Waals surface area (Å²) in [7, 11) is 0. The summed E-state index contributed by atoms with van der Waals surface area (Å²) in [5.41, 5.74) is 1.15. The van der Waals surface area contributed by atoms with Crippen LogP contribution in [0.15, 0.2) is 60.7 Å². The molecular weight excluding hydrogens is 320 g/mol. The zero-order chi connectivity index (χ0) is 18.2. The fourth-order valence-electron chi connectivity index (χ4n) is 2.34. The average molecular weight is 340 g/mol. The lowest BCUT2D eigenvalue weighted by Gasteiger charge is -2.21. The molecule has 0 saturated carbocycles. The van der Waals surface area contributed by atoms with Crippen LogP contribution in [0.1, 0.15) is 35.3 Å². The summed E-state index contributed by atoms with van der Waals surface area (Å²) >= 11 is 0. The lowest BCUT2D eigenvalue weighted by atomic mass is 10.0. The van der Waals surface area contributed by atoms with E-state index in [2.05, 4.69) is 10.6 Å². The van der Waals surface area contributed by atoms with Crippen LogP contribution < -0.4 is 10.6 Å². The van der Waals surface area contributed by atoms with Crippen molar-refractivity contribution in [2.75, 3.05) is 0 Å². The number of carboxylic acid groups (broad SMARTS) is 1. The normalized spacial score (nSPS) is 12.7. The molecule has 2 aromatic carbocycles. The van der Waals surface area contributed by atoms with Gasteiger partial charge in [-0.05, 0) is 24.6 Å².